The van der Waals surface area contributed by atoms with Gasteiger partial charge in [-0.05, 0) is 35.0 Å². The molecule has 0 aromatic heterocycles. The van der Waals surface area contributed by atoms with Gasteiger partial charge in [0.15, 0.2) is 0 Å². The number of rotatable bonds is 3. The molecule has 0 bridgehead atoms. The van der Waals surface area contributed by atoms with Crippen molar-refractivity contribution in [1.29, 1.82) is 0 Å². The molecule has 21 heavy (non-hydrogen) atoms. The van der Waals surface area contributed by atoms with Gasteiger partial charge in [0.1, 0.15) is 0 Å². The molecule has 0 aliphatic carbocycles. The van der Waals surface area contributed by atoms with Crippen LogP contribution in [0.1, 0.15) is 0 Å². The number of hydrogen-bond acceptors (Lipinski definition) is 2. The van der Waals surface area contributed by atoms with Gasteiger partial charge in [-0.1, -0.05) is 48.5 Å². The van der Waals surface area contributed by atoms with E-state index in [2.05, 4.69) is 0 Å². The van der Waals surface area contributed by atoms with E-state index >= 15 is 0 Å². The molecule has 3 aromatic rings. The summed E-state index contributed by atoms with van der Waals surface area (Å²) in [6, 6.07) is 23.2. The molecular weight excluding hydrogens is 278 g/mol. The second-order valence-corrected chi connectivity index (χ2v) is 7.10. The van der Waals surface area contributed by atoms with Crippen LogP contribution in [0.15, 0.2) is 72.8 Å². The summed E-state index contributed by atoms with van der Waals surface area (Å²) in [5, 5.41) is 3.65. The first-order valence-electron chi connectivity index (χ1n) is 6.45. The predicted octanol–water partition coefficient (Wildman–Crippen LogP) is 2.53. The zero-order valence-electron chi connectivity index (χ0n) is 11.2. The van der Waals surface area contributed by atoms with Gasteiger partial charge in [-0.3, -0.25) is 4.57 Å². The van der Waals surface area contributed by atoms with E-state index in [0.717, 1.165) is 21.4 Å². The third-order valence-corrected chi connectivity index (χ3v) is 5.88. The first kappa shape index (κ1) is 15.6. The maximum absolute atomic E-state index is 13.2. The Labute approximate surface area is 126 Å². The van der Waals surface area contributed by atoms with Crippen molar-refractivity contribution >= 4 is 37.2 Å². The molecule has 3 aromatic carbocycles. The topological polar surface area (TPSA) is 26.3 Å². The molecule has 0 spiro atoms. The minimum atomic E-state index is -3.01. The van der Waals surface area contributed by atoms with Gasteiger partial charge in [-0.15, -0.1) is 0 Å². The van der Waals surface area contributed by atoms with E-state index in [1.165, 1.54) is 7.11 Å². The Morgan fingerprint density at radius 1 is 0.762 bits per heavy atom. The highest BCUT2D eigenvalue weighted by Crippen LogP contribution is 2.43. The Morgan fingerprint density at radius 3 is 2.05 bits per heavy atom. The van der Waals surface area contributed by atoms with Crippen LogP contribution in [0.4, 0.5) is 0 Å². The van der Waals surface area contributed by atoms with E-state index in [0.29, 0.717) is 0 Å². The summed E-state index contributed by atoms with van der Waals surface area (Å²) in [5.41, 5.74) is 0. The smallest absolute Gasteiger partial charge is 0.261 e. The molecule has 0 radical (unpaired) electrons. The lowest BCUT2D eigenvalue weighted by molar-refractivity contribution is 0.412. The second-order valence-electron chi connectivity index (χ2n) is 4.60. The van der Waals surface area contributed by atoms with Crippen LogP contribution >= 0.6 is 7.37 Å². The summed E-state index contributed by atoms with van der Waals surface area (Å²) in [5.74, 6) is 0. The van der Waals surface area contributed by atoms with Crippen LogP contribution < -0.4 is 10.6 Å². The molecule has 1 unspecified atom stereocenters. The molecule has 0 amide bonds. The van der Waals surface area contributed by atoms with Gasteiger partial charge in [0.05, 0.1) is 8.41 Å². The third-order valence-electron chi connectivity index (χ3n) is 3.43. The fraction of sp³-hybridized carbons (Fsp3) is 0.0588. The van der Waals surface area contributed by atoms with Crippen molar-refractivity contribution < 1.29 is 9.09 Å². The van der Waals surface area contributed by atoms with Crippen LogP contribution in [0.2, 0.25) is 0 Å². The fourth-order valence-corrected chi connectivity index (χ4v) is 4.21. The number of hydrogen-bond donors (Lipinski definition) is 0. The molecule has 0 aliphatic heterocycles. The average Bonchev–Trinajstić information content (AvgIpc) is 2.54. The molecule has 0 aliphatic rings. The van der Waals surface area contributed by atoms with Crippen LogP contribution in [0, 0.1) is 0 Å². The van der Waals surface area contributed by atoms with E-state index in [1.807, 2.05) is 72.8 Å². The lowest BCUT2D eigenvalue weighted by Crippen LogP contribution is -2.16. The van der Waals surface area contributed by atoms with Crippen molar-refractivity contribution in [2.45, 2.75) is 0 Å². The van der Waals surface area contributed by atoms with Crippen molar-refractivity contribution in [1.82, 2.24) is 0 Å². The highest BCUT2D eigenvalue weighted by Gasteiger charge is 2.27. The van der Waals surface area contributed by atoms with Crippen molar-refractivity contribution in [2.75, 3.05) is 7.11 Å². The Kier molecular flexibility index (Phi) is 4.67. The van der Waals surface area contributed by atoms with Gasteiger partial charge >= 0.3 is 0 Å². The van der Waals surface area contributed by atoms with Crippen LogP contribution in [0.25, 0.3) is 10.8 Å². The minimum Gasteiger partial charge on any atom is -0.325 e. The van der Waals surface area contributed by atoms with Gasteiger partial charge in [0.25, 0.3) is 7.37 Å². The highest BCUT2D eigenvalue weighted by atomic mass is 31.2. The van der Waals surface area contributed by atoms with Crippen molar-refractivity contribution in [3.8, 4) is 0 Å². The molecule has 2 nitrogen and oxygen atoms in total. The van der Waals surface area contributed by atoms with E-state index in [-0.39, 0.29) is 8.41 Å². The molecule has 0 N–H and O–H groups in total. The summed E-state index contributed by atoms with van der Waals surface area (Å²) < 4.78 is 18.6. The van der Waals surface area contributed by atoms with E-state index < -0.39 is 7.37 Å². The van der Waals surface area contributed by atoms with Gasteiger partial charge in [-0.2, -0.15) is 0 Å². The molecule has 0 saturated heterocycles. The van der Waals surface area contributed by atoms with Crippen molar-refractivity contribution in [2.24, 2.45) is 0 Å². The lowest BCUT2D eigenvalue weighted by atomic mass is 10.1. The Hall–Kier alpha value is -1.83. The molecule has 0 saturated carbocycles. The normalized spacial score (nSPS) is 13.4. The molecule has 1 atom stereocenters. The van der Waals surface area contributed by atoms with Crippen molar-refractivity contribution in [3.05, 3.63) is 72.8 Å². The summed E-state index contributed by atoms with van der Waals surface area (Å²) in [7, 11) is -1.51. The summed E-state index contributed by atoms with van der Waals surface area (Å²) in [6.45, 7) is 0. The lowest BCUT2D eigenvalue weighted by Gasteiger charge is -2.17. The predicted molar refractivity (Wildman–Crippen MR) is 94.2 cm³/mol. The Balaban J connectivity index is 0.00000161. The maximum atomic E-state index is 13.2. The number of benzene rings is 3. The van der Waals surface area contributed by atoms with Crippen molar-refractivity contribution in [3.63, 3.8) is 0 Å². The molecule has 4 heteroatoms. The SMILES string of the molecule is B.COP(=O)(c1ccccc1)c1ccc2ccccc2c1. The molecular formula is C17H18BO2P. The first-order valence-corrected chi connectivity index (χ1v) is 8.07. The van der Waals surface area contributed by atoms with E-state index in [9.17, 15) is 4.57 Å². The van der Waals surface area contributed by atoms with Gasteiger partial charge in [0, 0.05) is 17.7 Å². The monoisotopic (exact) mass is 296 g/mol. The van der Waals surface area contributed by atoms with E-state index in [4.69, 9.17) is 4.52 Å². The van der Waals surface area contributed by atoms with Crippen LogP contribution in [0.5, 0.6) is 0 Å². The van der Waals surface area contributed by atoms with Gasteiger partial charge in [-0.25, -0.2) is 0 Å². The first-order chi connectivity index (χ1) is 9.74. The van der Waals surface area contributed by atoms with Crippen LogP contribution in [0.3, 0.4) is 0 Å². The summed E-state index contributed by atoms with van der Waals surface area (Å²) >= 11 is 0. The summed E-state index contributed by atoms with van der Waals surface area (Å²) in [4.78, 5) is 0. The zero-order valence-corrected chi connectivity index (χ0v) is 12.1. The standard InChI is InChI=1S/C17H15O2P.BH3/c1-19-20(18,16-9-3-2-4-10-16)17-12-11-14-7-5-6-8-15(14)13-17;/h2-13H,1H3;1H3. The van der Waals surface area contributed by atoms with Gasteiger partial charge in [0.2, 0.25) is 0 Å². The third kappa shape index (κ3) is 2.80. The summed E-state index contributed by atoms with van der Waals surface area (Å²) in [6.07, 6.45) is 0. The van der Waals surface area contributed by atoms with Crippen LogP contribution in [-0.4, -0.2) is 15.5 Å². The molecule has 0 fully saturated rings. The maximum Gasteiger partial charge on any atom is 0.261 e. The zero-order chi connectivity index (χ0) is 14.0. The second kappa shape index (κ2) is 6.30. The minimum absolute atomic E-state index is 0. The van der Waals surface area contributed by atoms with Crippen LogP contribution in [-0.2, 0) is 9.09 Å². The quantitative estimate of drug-likeness (QED) is 0.548. The molecule has 3 rings (SSSR count). The fourth-order valence-electron chi connectivity index (χ4n) is 2.34. The number of fused-ring (bicyclic) bond motifs is 1. The van der Waals surface area contributed by atoms with E-state index in [1.54, 1.807) is 0 Å². The Morgan fingerprint density at radius 2 is 1.38 bits per heavy atom. The largest absolute Gasteiger partial charge is 0.325 e. The average molecular weight is 296 g/mol. The Bertz CT molecular complexity index is 787. The molecule has 0 heterocycles. The molecule has 106 valence electrons. The highest BCUT2D eigenvalue weighted by molar-refractivity contribution is 7.74. The van der Waals surface area contributed by atoms with Gasteiger partial charge < -0.3 is 4.52 Å².